The molecular formula is C21H24N2O4S. The predicted octanol–water partition coefficient (Wildman–Crippen LogP) is 2.33. The molecule has 6 nitrogen and oxygen atoms in total. The Labute approximate surface area is 165 Å². The number of benzene rings is 2. The summed E-state index contributed by atoms with van der Waals surface area (Å²) in [4.78, 5) is 26.7. The molecule has 1 aliphatic heterocycles. The summed E-state index contributed by atoms with van der Waals surface area (Å²) in [5, 5.41) is 0. The predicted molar refractivity (Wildman–Crippen MR) is 107 cm³/mol. The van der Waals surface area contributed by atoms with Crippen LogP contribution in [0, 0.1) is 20.8 Å². The molecule has 0 saturated carbocycles. The highest BCUT2D eigenvalue weighted by molar-refractivity contribution is 7.89. The maximum Gasteiger partial charge on any atom is 0.295 e. The van der Waals surface area contributed by atoms with Gasteiger partial charge in [0, 0.05) is 31.7 Å². The monoisotopic (exact) mass is 400 g/mol. The van der Waals surface area contributed by atoms with E-state index in [1.807, 2.05) is 19.9 Å². The van der Waals surface area contributed by atoms with E-state index in [1.165, 1.54) is 9.21 Å². The van der Waals surface area contributed by atoms with Gasteiger partial charge in [0.25, 0.3) is 5.91 Å². The lowest BCUT2D eigenvalue weighted by molar-refractivity contribution is -0.127. The van der Waals surface area contributed by atoms with Gasteiger partial charge in [0.2, 0.25) is 15.8 Å². The van der Waals surface area contributed by atoms with Gasteiger partial charge in [-0.1, -0.05) is 42.0 Å². The van der Waals surface area contributed by atoms with Crippen LogP contribution in [0.5, 0.6) is 0 Å². The van der Waals surface area contributed by atoms with Gasteiger partial charge in [-0.3, -0.25) is 9.59 Å². The maximum atomic E-state index is 13.0. The summed E-state index contributed by atoms with van der Waals surface area (Å²) in [6.07, 6.45) is 0. The van der Waals surface area contributed by atoms with Crippen LogP contribution in [0.4, 0.5) is 0 Å². The second-order valence-electron chi connectivity index (χ2n) is 7.16. The second-order valence-corrected chi connectivity index (χ2v) is 9.07. The van der Waals surface area contributed by atoms with Crippen LogP contribution in [-0.2, 0) is 14.8 Å². The number of carbonyl (C=O) groups excluding carboxylic acids is 2. The van der Waals surface area contributed by atoms with Crippen LogP contribution in [0.2, 0.25) is 0 Å². The van der Waals surface area contributed by atoms with E-state index in [1.54, 1.807) is 43.3 Å². The molecule has 1 fully saturated rings. The molecule has 0 aliphatic carbocycles. The smallest absolute Gasteiger partial charge is 0.295 e. The number of carbonyl (C=O) groups is 2. The first kappa shape index (κ1) is 20.2. The summed E-state index contributed by atoms with van der Waals surface area (Å²) in [5.41, 5.74) is 2.93. The maximum absolute atomic E-state index is 13.0. The standard InChI is InChI=1S/C21H24N2O4S/c1-15-5-8-18(9-6-15)20(24)21(25)22-10-12-23(13-11-22)28(26,27)19-14-16(2)4-7-17(19)3/h4-9,14H,10-13H2,1-3H3. The van der Waals surface area contributed by atoms with Crippen molar-refractivity contribution in [2.24, 2.45) is 0 Å². The molecule has 3 rings (SSSR count). The number of nitrogens with zero attached hydrogens (tertiary/aromatic N) is 2. The normalized spacial score (nSPS) is 15.5. The van der Waals surface area contributed by atoms with Crippen LogP contribution >= 0.6 is 0 Å². The molecule has 1 amide bonds. The first-order valence-electron chi connectivity index (χ1n) is 9.18. The fourth-order valence-electron chi connectivity index (χ4n) is 3.23. The number of hydrogen-bond acceptors (Lipinski definition) is 4. The Hall–Kier alpha value is -2.51. The summed E-state index contributed by atoms with van der Waals surface area (Å²) in [6, 6.07) is 12.2. The third-order valence-electron chi connectivity index (χ3n) is 5.00. The lowest BCUT2D eigenvalue weighted by atomic mass is 10.1. The number of piperazine rings is 1. The highest BCUT2D eigenvalue weighted by Gasteiger charge is 2.33. The lowest BCUT2D eigenvalue weighted by Gasteiger charge is -2.34. The molecule has 0 unspecified atom stereocenters. The van der Waals surface area contributed by atoms with E-state index in [9.17, 15) is 18.0 Å². The SMILES string of the molecule is Cc1ccc(C(=O)C(=O)N2CCN(S(=O)(=O)c3cc(C)ccc3C)CC2)cc1. The molecule has 0 spiro atoms. The molecule has 2 aromatic rings. The fraction of sp³-hybridized carbons (Fsp3) is 0.333. The van der Waals surface area contributed by atoms with Crippen molar-refractivity contribution in [2.75, 3.05) is 26.2 Å². The average molecular weight is 401 g/mol. The molecule has 148 valence electrons. The molecule has 0 aromatic heterocycles. The van der Waals surface area contributed by atoms with Gasteiger partial charge in [-0.25, -0.2) is 8.42 Å². The fourth-order valence-corrected chi connectivity index (χ4v) is 4.96. The molecule has 2 aromatic carbocycles. The van der Waals surface area contributed by atoms with Gasteiger partial charge < -0.3 is 4.90 Å². The van der Waals surface area contributed by atoms with Crippen molar-refractivity contribution in [2.45, 2.75) is 25.7 Å². The molecule has 7 heteroatoms. The molecule has 0 bridgehead atoms. The van der Waals surface area contributed by atoms with Crippen molar-refractivity contribution in [1.82, 2.24) is 9.21 Å². The number of Topliss-reactive ketones (excluding diaryl/α,β-unsaturated/α-hetero) is 1. The van der Waals surface area contributed by atoms with Crippen molar-refractivity contribution >= 4 is 21.7 Å². The van der Waals surface area contributed by atoms with Gasteiger partial charge in [0.05, 0.1) is 4.90 Å². The molecule has 1 heterocycles. The third-order valence-corrected chi connectivity index (χ3v) is 7.04. The highest BCUT2D eigenvalue weighted by atomic mass is 32.2. The first-order chi connectivity index (χ1) is 13.2. The van der Waals surface area contributed by atoms with Gasteiger partial charge in [0.15, 0.2) is 0 Å². The van der Waals surface area contributed by atoms with E-state index in [0.717, 1.165) is 11.1 Å². The van der Waals surface area contributed by atoms with Gasteiger partial charge in [0.1, 0.15) is 0 Å². The molecule has 0 N–H and O–H groups in total. The van der Waals surface area contributed by atoms with Crippen molar-refractivity contribution < 1.29 is 18.0 Å². The zero-order chi connectivity index (χ0) is 20.5. The van der Waals surface area contributed by atoms with E-state index in [4.69, 9.17) is 0 Å². The van der Waals surface area contributed by atoms with E-state index >= 15 is 0 Å². The number of aryl methyl sites for hydroxylation is 3. The molecule has 0 radical (unpaired) electrons. The van der Waals surface area contributed by atoms with Crippen molar-refractivity contribution in [1.29, 1.82) is 0 Å². The van der Waals surface area contributed by atoms with E-state index in [-0.39, 0.29) is 26.2 Å². The van der Waals surface area contributed by atoms with Crippen molar-refractivity contribution in [3.63, 3.8) is 0 Å². The van der Waals surface area contributed by atoms with E-state index < -0.39 is 21.7 Å². The van der Waals surface area contributed by atoms with Crippen LogP contribution in [0.3, 0.4) is 0 Å². The largest absolute Gasteiger partial charge is 0.333 e. The van der Waals surface area contributed by atoms with Crippen LogP contribution in [0.1, 0.15) is 27.0 Å². The van der Waals surface area contributed by atoms with Crippen molar-refractivity contribution in [3.05, 3.63) is 64.7 Å². The number of hydrogen-bond donors (Lipinski definition) is 0. The average Bonchev–Trinajstić information content (AvgIpc) is 2.69. The lowest BCUT2D eigenvalue weighted by Crippen LogP contribution is -2.52. The van der Waals surface area contributed by atoms with Gasteiger partial charge in [-0.15, -0.1) is 0 Å². The topological polar surface area (TPSA) is 74.8 Å². The minimum atomic E-state index is -3.63. The number of rotatable bonds is 4. The third kappa shape index (κ3) is 4.00. The highest BCUT2D eigenvalue weighted by Crippen LogP contribution is 2.22. The summed E-state index contributed by atoms with van der Waals surface area (Å²) in [5.74, 6) is -1.15. The van der Waals surface area contributed by atoms with Gasteiger partial charge >= 0.3 is 0 Å². The van der Waals surface area contributed by atoms with E-state index in [0.29, 0.717) is 16.0 Å². The Balaban J connectivity index is 1.70. The molecule has 28 heavy (non-hydrogen) atoms. The summed E-state index contributed by atoms with van der Waals surface area (Å²) in [7, 11) is -3.63. The first-order valence-corrected chi connectivity index (χ1v) is 10.6. The number of sulfonamides is 1. The van der Waals surface area contributed by atoms with Gasteiger partial charge in [-0.2, -0.15) is 4.31 Å². The van der Waals surface area contributed by atoms with Gasteiger partial charge in [-0.05, 0) is 38.0 Å². The minimum absolute atomic E-state index is 0.169. The zero-order valence-corrected chi connectivity index (χ0v) is 17.1. The summed E-state index contributed by atoms with van der Waals surface area (Å²) < 4.78 is 27.3. The minimum Gasteiger partial charge on any atom is -0.333 e. The van der Waals surface area contributed by atoms with Crippen LogP contribution in [0.15, 0.2) is 47.4 Å². The Morgan fingerprint density at radius 3 is 2.00 bits per heavy atom. The number of amides is 1. The number of ketones is 1. The van der Waals surface area contributed by atoms with Crippen LogP contribution in [-0.4, -0.2) is 55.5 Å². The zero-order valence-electron chi connectivity index (χ0n) is 16.3. The molecule has 0 atom stereocenters. The second kappa shape index (κ2) is 7.85. The molecule has 1 saturated heterocycles. The van der Waals surface area contributed by atoms with Crippen LogP contribution < -0.4 is 0 Å². The summed E-state index contributed by atoms with van der Waals surface area (Å²) >= 11 is 0. The Kier molecular flexibility index (Phi) is 5.67. The Bertz CT molecular complexity index is 1010. The Morgan fingerprint density at radius 2 is 1.39 bits per heavy atom. The Morgan fingerprint density at radius 1 is 0.821 bits per heavy atom. The molecular weight excluding hydrogens is 376 g/mol. The van der Waals surface area contributed by atoms with Crippen molar-refractivity contribution in [3.8, 4) is 0 Å². The quantitative estimate of drug-likeness (QED) is 0.583. The van der Waals surface area contributed by atoms with Crippen LogP contribution in [0.25, 0.3) is 0 Å². The summed E-state index contributed by atoms with van der Waals surface area (Å²) in [6.45, 7) is 6.26. The van der Waals surface area contributed by atoms with E-state index in [2.05, 4.69) is 0 Å². The molecule has 1 aliphatic rings.